The van der Waals surface area contributed by atoms with E-state index in [0.29, 0.717) is 16.5 Å². The minimum atomic E-state index is -0.784. The molecule has 1 saturated carbocycles. The average molecular weight is 243 g/mol. The summed E-state index contributed by atoms with van der Waals surface area (Å²) in [6.07, 6.45) is 1.49. The van der Waals surface area contributed by atoms with Crippen LogP contribution in [0.25, 0.3) is 0 Å². The Morgan fingerprint density at radius 3 is 2.38 bits per heavy atom. The lowest BCUT2D eigenvalue weighted by molar-refractivity contribution is 0.145. The number of methoxy groups -OCH3 is 2. The monoisotopic (exact) mass is 242 g/mol. The van der Waals surface area contributed by atoms with Crippen molar-refractivity contribution in [2.24, 2.45) is 0 Å². The van der Waals surface area contributed by atoms with Crippen LogP contribution in [0.2, 0.25) is 5.02 Å². The molecule has 1 aromatic rings. The minimum Gasteiger partial charge on any atom is -0.493 e. The third kappa shape index (κ3) is 1.64. The molecule has 0 aromatic heterocycles. The zero-order chi connectivity index (χ0) is 11.9. The molecule has 1 aliphatic rings. The predicted octanol–water partition coefficient (Wildman–Crippen LogP) is 2.65. The van der Waals surface area contributed by atoms with E-state index in [-0.39, 0.29) is 0 Å². The lowest BCUT2D eigenvalue weighted by Gasteiger charge is -2.20. The summed E-state index contributed by atoms with van der Waals surface area (Å²) in [5, 5.41) is 10.8. The fourth-order valence-electron chi connectivity index (χ4n) is 1.98. The van der Waals surface area contributed by atoms with Crippen molar-refractivity contribution in [3.05, 3.63) is 22.2 Å². The van der Waals surface area contributed by atoms with Gasteiger partial charge in [-0.15, -0.1) is 0 Å². The van der Waals surface area contributed by atoms with Crippen molar-refractivity contribution in [3.8, 4) is 11.5 Å². The standard InChI is InChI=1S/C12H15ClO3/c1-7-8(13)6-9(15-2)11(16-3)10(7)12(14)4-5-12/h6,14H,4-5H2,1-3H3. The zero-order valence-electron chi connectivity index (χ0n) is 9.63. The molecule has 1 aromatic carbocycles. The number of halogens is 1. The molecule has 0 heterocycles. The molecule has 0 bridgehead atoms. The molecule has 1 fully saturated rings. The fourth-order valence-corrected chi connectivity index (χ4v) is 2.18. The Labute approximate surface area is 99.9 Å². The van der Waals surface area contributed by atoms with Crippen LogP contribution in [0.5, 0.6) is 11.5 Å². The largest absolute Gasteiger partial charge is 0.493 e. The van der Waals surface area contributed by atoms with Crippen LogP contribution in [0.15, 0.2) is 6.07 Å². The first-order chi connectivity index (χ1) is 7.53. The van der Waals surface area contributed by atoms with Gasteiger partial charge < -0.3 is 14.6 Å². The highest BCUT2D eigenvalue weighted by Gasteiger charge is 2.46. The van der Waals surface area contributed by atoms with Crippen molar-refractivity contribution in [1.82, 2.24) is 0 Å². The van der Waals surface area contributed by atoms with E-state index in [0.717, 1.165) is 24.0 Å². The maximum absolute atomic E-state index is 10.2. The predicted molar refractivity (Wildman–Crippen MR) is 62.4 cm³/mol. The fraction of sp³-hybridized carbons (Fsp3) is 0.500. The Bertz CT molecular complexity index is 425. The molecule has 0 atom stereocenters. The van der Waals surface area contributed by atoms with Crippen molar-refractivity contribution < 1.29 is 14.6 Å². The molecule has 0 saturated heterocycles. The molecule has 0 amide bonds. The van der Waals surface area contributed by atoms with Crippen LogP contribution in [0.3, 0.4) is 0 Å². The number of benzene rings is 1. The number of rotatable bonds is 3. The first kappa shape index (κ1) is 11.6. The van der Waals surface area contributed by atoms with Gasteiger partial charge in [0.2, 0.25) is 0 Å². The SMILES string of the molecule is COc1cc(Cl)c(C)c(C2(O)CC2)c1OC. The highest BCUT2D eigenvalue weighted by molar-refractivity contribution is 6.31. The maximum Gasteiger partial charge on any atom is 0.167 e. The molecule has 3 nitrogen and oxygen atoms in total. The average Bonchev–Trinajstić information content (AvgIpc) is 3.00. The second kappa shape index (κ2) is 3.82. The van der Waals surface area contributed by atoms with Crippen LogP contribution in [-0.2, 0) is 5.60 Å². The van der Waals surface area contributed by atoms with Crippen LogP contribution >= 0.6 is 11.6 Å². The third-order valence-corrected chi connectivity index (χ3v) is 3.45. The molecule has 0 spiro atoms. The Kier molecular flexibility index (Phi) is 2.76. The van der Waals surface area contributed by atoms with E-state index in [9.17, 15) is 5.11 Å². The van der Waals surface area contributed by atoms with E-state index < -0.39 is 5.60 Å². The molecule has 16 heavy (non-hydrogen) atoms. The van der Waals surface area contributed by atoms with Gasteiger partial charge >= 0.3 is 0 Å². The zero-order valence-corrected chi connectivity index (χ0v) is 10.4. The summed E-state index contributed by atoms with van der Waals surface area (Å²) in [5.74, 6) is 1.15. The van der Waals surface area contributed by atoms with Gasteiger partial charge in [-0.3, -0.25) is 0 Å². The Hall–Kier alpha value is -0.930. The summed E-state index contributed by atoms with van der Waals surface area (Å²) in [6, 6.07) is 1.71. The summed E-state index contributed by atoms with van der Waals surface area (Å²) in [5.41, 5.74) is 0.840. The summed E-state index contributed by atoms with van der Waals surface area (Å²) in [6.45, 7) is 1.88. The number of ether oxygens (including phenoxy) is 2. The number of hydrogen-bond donors (Lipinski definition) is 1. The molecule has 88 valence electrons. The third-order valence-electron chi connectivity index (χ3n) is 3.05. The van der Waals surface area contributed by atoms with Gasteiger partial charge in [0.1, 0.15) is 0 Å². The second-order valence-electron chi connectivity index (χ2n) is 4.13. The van der Waals surface area contributed by atoms with Gasteiger partial charge in [0, 0.05) is 16.7 Å². The van der Waals surface area contributed by atoms with Crippen LogP contribution < -0.4 is 9.47 Å². The minimum absolute atomic E-state index is 0.563. The van der Waals surface area contributed by atoms with E-state index in [2.05, 4.69) is 0 Å². The molecule has 2 rings (SSSR count). The summed E-state index contributed by atoms with van der Waals surface area (Å²) < 4.78 is 10.5. The van der Waals surface area contributed by atoms with E-state index in [1.165, 1.54) is 0 Å². The second-order valence-corrected chi connectivity index (χ2v) is 4.53. The topological polar surface area (TPSA) is 38.7 Å². The molecule has 4 heteroatoms. The maximum atomic E-state index is 10.2. The van der Waals surface area contributed by atoms with Crippen molar-refractivity contribution in [2.45, 2.75) is 25.4 Å². The lowest BCUT2D eigenvalue weighted by Crippen LogP contribution is -2.10. The number of aliphatic hydroxyl groups is 1. The Morgan fingerprint density at radius 2 is 1.94 bits per heavy atom. The molecule has 1 aliphatic carbocycles. The van der Waals surface area contributed by atoms with Gasteiger partial charge in [0.05, 0.1) is 19.8 Å². The lowest BCUT2D eigenvalue weighted by atomic mass is 9.99. The van der Waals surface area contributed by atoms with E-state index in [1.807, 2.05) is 6.92 Å². The van der Waals surface area contributed by atoms with Crippen LogP contribution in [0, 0.1) is 6.92 Å². The summed E-state index contributed by atoms with van der Waals surface area (Å²) in [7, 11) is 3.13. The van der Waals surface area contributed by atoms with Crippen LogP contribution in [0.4, 0.5) is 0 Å². The van der Waals surface area contributed by atoms with Crippen molar-refractivity contribution in [1.29, 1.82) is 0 Å². The van der Waals surface area contributed by atoms with Gasteiger partial charge in [-0.25, -0.2) is 0 Å². The highest BCUT2D eigenvalue weighted by atomic mass is 35.5. The molecule has 0 unspecified atom stereocenters. The van der Waals surface area contributed by atoms with Gasteiger partial charge in [0.25, 0.3) is 0 Å². The van der Waals surface area contributed by atoms with Gasteiger partial charge in [-0.1, -0.05) is 11.6 Å². The van der Waals surface area contributed by atoms with Crippen LogP contribution in [0.1, 0.15) is 24.0 Å². The quantitative estimate of drug-likeness (QED) is 0.886. The molecule has 1 N–H and O–H groups in total. The van der Waals surface area contributed by atoms with E-state index in [1.54, 1.807) is 20.3 Å². The van der Waals surface area contributed by atoms with Crippen LogP contribution in [-0.4, -0.2) is 19.3 Å². The highest BCUT2D eigenvalue weighted by Crippen LogP contribution is 2.53. The Morgan fingerprint density at radius 1 is 1.31 bits per heavy atom. The summed E-state index contributed by atoms with van der Waals surface area (Å²) in [4.78, 5) is 0. The van der Waals surface area contributed by atoms with E-state index >= 15 is 0 Å². The molecule has 0 aliphatic heterocycles. The van der Waals surface area contributed by atoms with Gasteiger partial charge in [-0.2, -0.15) is 0 Å². The van der Waals surface area contributed by atoms with Crippen molar-refractivity contribution in [2.75, 3.05) is 14.2 Å². The Balaban J connectivity index is 2.67. The number of hydrogen-bond acceptors (Lipinski definition) is 3. The van der Waals surface area contributed by atoms with Crippen molar-refractivity contribution in [3.63, 3.8) is 0 Å². The molecular formula is C12H15ClO3. The van der Waals surface area contributed by atoms with E-state index in [4.69, 9.17) is 21.1 Å². The van der Waals surface area contributed by atoms with Gasteiger partial charge in [-0.05, 0) is 25.3 Å². The smallest absolute Gasteiger partial charge is 0.167 e. The van der Waals surface area contributed by atoms with Gasteiger partial charge in [0.15, 0.2) is 11.5 Å². The first-order valence-electron chi connectivity index (χ1n) is 5.17. The summed E-state index contributed by atoms with van der Waals surface area (Å²) >= 11 is 6.11. The normalized spacial score (nSPS) is 17.1. The first-order valence-corrected chi connectivity index (χ1v) is 5.55. The molecular weight excluding hydrogens is 228 g/mol. The molecule has 0 radical (unpaired) electrons. The van der Waals surface area contributed by atoms with Crippen molar-refractivity contribution >= 4 is 11.6 Å².